The summed E-state index contributed by atoms with van der Waals surface area (Å²) in [6.45, 7) is 3.70. The Labute approximate surface area is 132 Å². The van der Waals surface area contributed by atoms with Gasteiger partial charge in [0.2, 0.25) is 0 Å². The van der Waals surface area contributed by atoms with E-state index in [1.807, 2.05) is 37.3 Å². The van der Waals surface area contributed by atoms with Crippen LogP contribution < -0.4 is 0 Å². The lowest BCUT2D eigenvalue weighted by Crippen LogP contribution is -2.22. The van der Waals surface area contributed by atoms with Crippen LogP contribution in [-0.4, -0.2) is 36.2 Å². The number of hydrogen-bond donors (Lipinski definition) is 1. The molecule has 1 N–H and O–H groups in total. The molecule has 0 saturated heterocycles. The van der Waals surface area contributed by atoms with E-state index < -0.39 is 6.10 Å². The topological polar surface area (TPSA) is 76.7 Å². The van der Waals surface area contributed by atoms with Gasteiger partial charge in [-0.2, -0.15) is 0 Å². The number of aliphatic hydroxyl groups excluding tert-OH is 1. The average molecular weight is 318 g/mol. The van der Waals surface area contributed by atoms with Gasteiger partial charge in [0.05, 0.1) is 12.1 Å². The van der Waals surface area contributed by atoms with E-state index in [0.29, 0.717) is 23.4 Å². The van der Waals surface area contributed by atoms with Crippen molar-refractivity contribution in [3.05, 3.63) is 35.5 Å². The van der Waals surface area contributed by atoms with Crippen LogP contribution in [0.3, 0.4) is 0 Å². The maximum atomic E-state index is 9.93. The largest absolute Gasteiger partial charge is 0.391 e. The molecule has 7 heteroatoms. The number of aromatic nitrogens is 5. The van der Waals surface area contributed by atoms with Gasteiger partial charge in [0.1, 0.15) is 0 Å². The summed E-state index contributed by atoms with van der Waals surface area (Å²) in [5, 5.41) is 18.3. The van der Waals surface area contributed by atoms with Gasteiger partial charge in [-0.1, -0.05) is 54.1 Å². The van der Waals surface area contributed by atoms with Gasteiger partial charge in [-0.15, -0.1) is 5.10 Å². The fraction of sp³-hybridized carbons (Fsp3) is 0.333. The standard InChI is InChI=1S/C15H16ClN5O/c1-3-11(9(2)22)21-15-12(19-20-21)13(16)17-14(18-15)10-7-5-4-6-8-10/h4-9,11,22H,3H2,1-2H3/t9-,11+/m1/s1. The first kappa shape index (κ1) is 14.9. The molecule has 1 aromatic carbocycles. The first-order chi connectivity index (χ1) is 10.6. The fourth-order valence-electron chi connectivity index (χ4n) is 2.46. The SMILES string of the molecule is CC[C@@H]([C@@H](C)O)n1nnc2c(Cl)nc(-c3ccccc3)nc21. The summed E-state index contributed by atoms with van der Waals surface area (Å²) in [5.74, 6) is 0.516. The van der Waals surface area contributed by atoms with Crippen LogP contribution in [0.25, 0.3) is 22.6 Å². The monoisotopic (exact) mass is 317 g/mol. The molecule has 0 amide bonds. The van der Waals surface area contributed by atoms with Crippen LogP contribution >= 0.6 is 11.6 Å². The highest BCUT2D eigenvalue weighted by Gasteiger charge is 2.22. The fourth-order valence-corrected chi connectivity index (χ4v) is 2.66. The van der Waals surface area contributed by atoms with Crippen LogP contribution in [0.2, 0.25) is 5.15 Å². The van der Waals surface area contributed by atoms with Crippen molar-refractivity contribution in [3.63, 3.8) is 0 Å². The molecule has 0 unspecified atom stereocenters. The van der Waals surface area contributed by atoms with Crippen molar-refractivity contribution in [2.75, 3.05) is 0 Å². The number of fused-ring (bicyclic) bond motifs is 1. The predicted molar refractivity (Wildman–Crippen MR) is 84.6 cm³/mol. The van der Waals surface area contributed by atoms with Crippen molar-refractivity contribution in [2.24, 2.45) is 0 Å². The number of benzene rings is 1. The summed E-state index contributed by atoms with van der Waals surface area (Å²) in [7, 11) is 0. The molecule has 0 aliphatic heterocycles. The molecule has 0 spiro atoms. The smallest absolute Gasteiger partial charge is 0.184 e. The van der Waals surface area contributed by atoms with E-state index in [2.05, 4.69) is 20.3 Å². The van der Waals surface area contributed by atoms with Crippen LogP contribution in [0.4, 0.5) is 0 Å². The molecule has 3 rings (SSSR count). The number of aliphatic hydroxyl groups is 1. The van der Waals surface area contributed by atoms with Crippen molar-refractivity contribution in [3.8, 4) is 11.4 Å². The Kier molecular flexibility index (Phi) is 4.04. The molecule has 0 aliphatic rings. The third-order valence-electron chi connectivity index (χ3n) is 3.60. The van der Waals surface area contributed by atoms with E-state index >= 15 is 0 Å². The molecule has 22 heavy (non-hydrogen) atoms. The second-order valence-corrected chi connectivity index (χ2v) is 5.48. The van der Waals surface area contributed by atoms with Gasteiger partial charge in [0.25, 0.3) is 0 Å². The molecule has 6 nitrogen and oxygen atoms in total. The van der Waals surface area contributed by atoms with Gasteiger partial charge < -0.3 is 5.11 Å². The lowest BCUT2D eigenvalue weighted by molar-refractivity contribution is 0.121. The summed E-state index contributed by atoms with van der Waals surface area (Å²) >= 11 is 6.22. The van der Waals surface area contributed by atoms with Gasteiger partial charge in [0.15, 0.2) is 22.1 Å². The molecule has 0 fully saturated rings. The summed E-state index contributed by atoms with van der Waals surface area (Å²) in [6.07, 6.45) is 0.141. The summed E-state index contributed by atoms with van der Waals surface area (Å²) < 4.78 is 1.62. The Morgan fingerprint density at radius 3 is 2.59 bits per heavy atom. The molecular weight excluding hydrogens is 302 g/mol. The molecule has 0 saturated carbocycles. The van der Waals surface area contributed by atoms with Crippen LogP contribution in [0.1, 0.15) is 26.3 Å². The molecule has 0 bridgehead atoms. The Morgan fingerprint density at radius 1 is 1.23 bits per heavy atom. The molecule has 0 radical (unpaired) electrons. The Bertz CT molecular complexity index is 787. The maximum absolute atomic E-state index is 9.93. The molecular formula is C15H16ClN5O. The minimum Gasteiger partial charge on any atom is -0.391 e. The number of halogens is 1. The van der Waals surface area contributed by atoms with Gasteiger partial charge in [-0.25, -0.2) is 14.6 Å². The summed E-state index contributed by atoms with van der Waals surface area (Å²) in [5.41, 5.74) is 1.84. The lowest BCUT2D eigenvalue weighted by Gasteiger charge is -2.18. The highest BCUT2D eigenvalue weighted by Crippen LogP contribution is 2.26. The quantitative estimate of drug-likeness (QED) is 0.749. The van der Waals surface area contributed by atoms with Crippen molar-refractivity contribution in [1.82, 2.24) is 25.0 Å². The van der Waals surface area contributed by atoms with Crippen LogP contribution in [0.5, 0.6) is 0 Å². The van der Waals surface area contributed by atoms with E-state index in [9.17, 15) is 5.11 Å². The van der Waals surface area contributed by atoms with Gasteiger partial charge >= 0.3 is 0 Å². The Balaban J connectivity index is 2.19. The Morgan fingerprint density at radius 2 is 1.95 bits per heavy atom. The van der Waals surface area contributed by atoms with E-state index in [1.165, 1.54) is 0 Å². The van der Waals surface area contributed by atoms with Gasteiger partial charge in [-0.05, 0) is 13.3 Å². The van der Waals surface area contributed by atoms with Gasteiger partial charge in [-0.3, -0.25) is 0 Å². The minimum atomic E-state index is -0.566. The van der Waals surface area contributed by atoms with E-state index in [-0.39, 0.29) is 11.2 Å². The van der Waals surface area contributed by atoms with E-state index in [4.69, 9.17) is 11.6 Å². The molecule has 0 aliphatic carbocycles. The molecule has 2 atom stereocenters. The minimum absolute atomic E-state index is 0.209. The number of nitrogens with zero attached hydrogens (tertiary/aromatic N) is 5. The second kappa shape index (κ2) is 5.98. The highest BCUT2D eigenvalue weighted by atomic mass is 35.5. The number of hydrogen-bond acceptors (Lipinski definition) is 5. The summed E-state index contributed by atoms with van der Waals surface area (Å²) in [6, 6.07) is 9.37. The second-order valence-electron chi connectivity index (χ2n) is 5.13. The first-order valence-corrected chi connectivity index (χ1v) is 7.51. The Hall–Kier alpha value is -2.05. The zero-order valence-corrected chi connectivity index (χ0v) is 13.1. The van der Waals surface area contributed by atoms with Crippen molar-refractivity contribution >= 4 is 22.8 Å². The van der Waals surface area contributed by atoms with Crippen molar-refractivity contribution in [2.45, 2.75) is 32.4 Å². The van der Waals surface area contributed by atoms with Crippen molar-refractivity contribution < 1.29 is 5.11 Å². The molecule has 2 aromatic heterocycles. The lowest BCUT2D eigenvalue weighted by atomic mass is 10.1. The zero-order valence-electron chi connectivity index (χ0n) is 12.3. The van der Waals surface area contributed by atoms with E-state index in [0.717, 1.165) is 5.56 Å². The normalized spacial score (nSPS) is 14.2. The van der Waals surface area contributed by atoms with Crippen LogP contribution in [-0.2, 0) is 0 Å². The average Bonchev–Trinajstić information content (AvgIpc) is 2.93. The maximum Gasteiger partial charge on any atom is 0.184 e. The summed E-state index contributed by atoms with van der Waals surface area (Å²) in [4.78, 5) is 8.84. The zero-order chi connectivity index (χ0) is 15.7. The number of rotatable bonds is 4. The van der Waals surface area contributed by atoms with Crippen molar-refractivity contribution in [1.29, 1.82) is 0 Å². The molecule has 2 heterocycles. The third kappa shape index (κ3) is 2.55. The highest BCUT2D eigenvalue weighted by molar-refractivity contribution is 6.33. The molecule has 3 aromatic rings. The predicted octanol–water partition coefficient (Wildman–Crippen LogP) is 2.87. The van der Waals surface area contributed by atoms with Crippen LogP contribution in [0.15, 0.2) is 30.3 Å². The third-order valence-corrected chi connectivity index (χ3v) is 3.87. The van der Waals surface area contributed by atoms with Gasteiger partial charge in [0, 0.05) is 5.56 Å². The first-order valence-electron chi connectivity index (χ1n) is 7.13. The van der Waals surface area contributed by atoms with E-state index in [1.54, 1.807) is 11.6 Å². The molecule has 114 valence electrons. The van der Waals surface area contributed by atoms with Crippen LogP contribution in [0, 0.1) is 0 Å².